The molecule has 1 fully saturated rings. The molecule has 2 atom stereocenters. The second kappa shape index (κ2) is 9.82. The van der Waals surface area contributed by atoms with E-state index < -0.39 is 23.3 Å². The van der Waals surface area contributed by atoms with E-state index in [4.69, 9.17) is 9.84 Å². The molecular weight excluding hydrogens is 441 g/mol. The van der Waals surface area contributed by atoms with Crippen LogP contribution in [0.4, 0.5) is 19.0 Å². The van der Waals surface area contributed by atoms with Crippen LogP contribution in [0.2, 0.25) is 0 Å². The fourth-order valence-electron chi connectivity index (χ4n) is 3.99. The highest BCUT2D eigenvalue weighted by atomic mass is 19.4. The quantitative estimate of drug-likeness (QED) is 0.637. The molecule has 1 aromatic heterocycles. The van der Waals surface area contributed by atoms with Crippen molar-refractivity contribution in [3.8, 4) is 5.75 Å². The fraction of sp³-hybridized carbons (Fsp3) is 0.500. The third-order valence-corrected chi connectivity index (χ3v) is 5.87. The van der Waals surface area contributed by atoms with E-state index >= 15 is 0 Å². The number of alkyl halides is 3. The molecule has 0 aliphatic carbocycles. The van der Waals surface area contributed by atoms with E-state index in [2.05, 4.69) is 5.10 Å². The van der Waals surface area contributed by atoms with Crippen molar-refractivity contribution >= 4 is 11.8 Å². The minimum atomic E-state index is -4.85. The zero-order valence-corrected chi connectivity index (χ0v) is 18.7. The van der Waals surface area contributed by atoms with Gasteiger partial charge in [0.2, 0.25) is 0 Å². The Morgan fingerprint density at radius 1 is 1.27 bits per heavy atom. The summed E-state index contributed by atoms with van der Waals surface area (Å²) in [5.41, 5.74) is -1.94. The molecular formula is C22H27F3N4O4. The number of anilines is 1. The summed E-state index contributed by atoms with van der Waals surface area (Å²) in [5, 5.41) is 13.4. The van der Waals surface area contributed by atoms with Crippen LogP contribution >= 0.6 is 0 Å². The minimum absolute atomic E-state index is 0.00942. The van der Waals surface area contributed by atoms with Gasteiger partial charge in [0.05, 0.1) is 13.7 Å². The Morgan fingerprint density at radius 3 is 2.48 bits per heavy atom. The molecule has 0 radical (unpaired) electrons. The normalized spacial score (nSPS) is 18.7. The number of carboxylic acids is 1. The van der Waals surface area contributed by atoms with Crippen molar-refractivity contribution in [2.24, 2.45) is 0 Å². The molecule has 0 saturated carbocycles. The number of likely N-dealkylation sites (N-methyl/N-ethyl adjacent to an activating group) is 1. The zero-order valence-electron chi connectivity index (χ0n) is 18.7. The Kier molecular flexibility index (Phi) is 7.31. The lowest BCUT2D eigenvalue weighted by molar-refractivity contribution is -0.139. The number of methoxy groups -OCH3 is 1. The number of nitrogens with zero attached hydrogens (tertiary/aromatic N) is 4. The summed E-state index contributed by atoms with van der Waals surface area (Å²) in [6.07, 6.45) is -4.12. The first-order chi connectivity index (χ1) is 15.5. The Labute approximate surface area is 189 Å². The van der Waals surface area contributed by atoms with Crippen molar-refractivity contribution in [2.45, 2.75) is 44.1 Å². The predicted octanol–water partition coefficient (Wildman–Crippen LogP) is 2.69. The number of ether oxygens (including phenoxy) is 1. The van der Waals surface area contributed by atoms with Crippen molar-refractivity contribution < 1.29 is 27.8 Å². The van der Waals surface area contributed by atoms with E-state index in [-0.39, 0.29) is 37.3 Å². The number of aromatic nitrogens is 2. The largest absolute Gasteiger partial charge is 0.497 e. The molecule has 0 amide bonds. The Balaban J connectivity index is 2.02. The van der Waals surface area contributed by atoms with Crippen molar-refractivity contribution in [1.82, 2.24) is 14.7 Å². The maximum absolute atomic E-state index is 13.7. The van der Waals surface area contributed by atoms with E-state index in [1.165, 1.54) is 7.11 Å². The van der Waals surface area contributed by atoms with Crippen LogP contribution in [0, 0.1) is 0 Å². The molecule has 33 heavy (non-hydrogen) atoms. The number of halogens is 3. The summed E-state index contributed by atoms with van der Waals surface area (Å²) in [5.74, 6) is -0.385. The second-order valence-corrected chi connectivity index (χ2v) is 8.32. The standard InChI is InChI=1S/C22H27F3N4O4/c1-27(2)16-10-15(6-9-20(30)31)28(13-16)19-11-18(22(23,24)25)21(32)29(26-19)12-14-4-7-17(33-3)8-5-14/h4-5,7-8,11,15-16H,6,9-10,12-13H2,1-3H3,(H,30,31)/t15-,16+/m1/s1. The van der Waals surface area contributed by atoms with Gasteiger partial charge in [-0.2, -0.15) is 18.3 Å². The Hall–Kier alpha value is -3.08. The van der Waals surface area contributed by atoms with Crippen molar-refractivity contribution in [3.63, 3.8) is 0 Å². The first-order valence-electron chi connectivity index (χ1n) is 10.5. The lowest BCUT2D eigenvalue weighted by Crippen LogP contribution is -2.37. The Morgan fingerprint density at radius 2 is 1.94 bits per heavy atom. The van der Waals surface area contributed by atoms with Crippen LogP contribution in [0.3, 0.4) is 0 Å². The summed E-state index contributed by atoms with van der Waals surface area (Å²) >= 11 is 0. The molecule has 180 valence electrons. The maximum Gasteiger partial charge on any atom is 0.421 e. The number of hydrogen-bond donors (Lipinski definition) is 1. The molecule has 3 rings (SSSR count). The predicted molar refractivity (Wildman–Crippen MR) is 116 cm³/mol. The first-order valence-corrected chi connectivity index (χ1v) is 10.5. The lowest BCUT2D eigenvalue weighted by atomic mass is 10.1. The van der Waals surface area contributed by atoms with Gasteiger partial charge in [0.25, 0.3) is 5.56 Å². The highest BCUT2D eigenvalue weighted by molar-refractivity contribution is 5.66. The lowest BCUT2D eigenvalue weighted by Gasteiger charge is -2.26. The van der Waals surface area contributed by atoms with Gasteiger partial charge in [0.15, 0.2) is 0 Å². The van der Waals surface area contributed by atoms with Gasteiger partial charge in [0, 0.05) is 31.1 Å². The van der Waals surface area contributed by atoms with Gasteiger partial charge in [-0.1, -0.05) is 12.1 Å². The highest BCUT2D eigenvalue weighted by Crippen LogP contribution is 2.32. The van der Waals surface area contributed by atoms with Crippen LogP contribution in [-0.2, 0) is 17.5 Å². The smallest absolute Gasteiger partial charge is 0.421 e. The van der Waals surface area contributed by atoms with E-state index in [1.54, 1.807) is 29.2 Å². The summed E-state index contributed by atoms with van der Waals surface area (Å²) in [6.45, 7) is 0.229. The molecule has 1 aromatic carbocycles. The van der Waals surface area contributed by atoms with Gasteiger partial charge in [-0.25, -0.2) is 4.68 Å². The van der Waals surface area contributed by atoms with E-state index in [0.29, 0.717) is 24.3 Å². The maximum atomic E-state index is 13.7. The molecule has 1 N–H and O–H groups in total. The molecule has 2 aromatic rings. The van der Waals surface area contributed by atoms with Crippen molar-refractivity contribution in [3.05, 3.63) is 51.8 Å². The average Bonchev–Trinajstić information content (AvgIpc) is 3.18. The van der Waals surface area contributed by atoms with Gasteiger partial charge in [-0.05, 0) is 44.6 Å². The molecule has 11 heteroatoms. The van der Waals surface area contributed by atoms with Crippen molar-refractivity contribution in [2.75, 3.05) is 32.6 Å². The number of hydrogen-bond acceptors (Lipinski definition) is 6. The molecule has 0 unspecified atom stereocenters. The molecule has 1 saturated heterocycles. The van der Waals surface area contributed by atoms with Crippen molar-refractivity contribution in [1.29, 1.82) is 0 Å². The number of aliphatic carboxylic acids is 1. The van der Waals surface area contributed by atoms with Crippen LogP contribution in [-0.4, -0.2) is 65.6 Å². The van der Waals surface area contributed by atoms with E-state index in [9.17, 15) is 22.8 Å². The summed E-state index contributed by atoms with van der Waals surface area (Å²) < 4.78 is 47.1. The van der Waals surface area contributed by atoms with Gasteiger partial charge >= 0.3 is 12.1 Å². The monoisotopic (exact) mass is 468 g/mol. The van der Waals surface area contributed by atoms with Crippen LogP contribution < -0.4 is 15.2 Å². The molecule has 8 nitrogen and oxygen atoms in total. The van der Waals surface area contributed by atoms with E-state index in [1.807, 2.05) is 19.0 Å². The third kappa shape index (κ3) is 5.84. The average molecular weight is 468 g/mol. The van der Waals surface area contributed by atoms with Gasteiger partial charge in [-0.15, -0.1) is 0 Å². The van der Waals surface area contributed by atoms with Crippen LogP contribution in [0.25, 0.3) is 0 Å². The second-order valence-electron chi connectivity index (χ2n) is 8.32. The fourth-order valence-corrected chi connectivity index (χ4v) is 3.99. The molecule has 0 bridgehead atoms. The van der Waals surface area contributed by atoms with Crippen LogP contribution in [0.15, 0.2) is 35.1 Å². The van der Waals surface area contributed by atoms with Crippen LogP contribution in [0.5, 0.6) is 5.75 Å². The Bertz CT molecular complexity index is 1040. The highest BCUT2D eigenvalue weighted by Gasteiger charge is 2.39. The zero-order chi connectivity index (χ0) is 24.3. The molecule has 1 aliphatic rings. The molecule has 2 heterocycles. The number of carbonyl (C=O) groups is 1. The number of carboxylic acid groups (broad SMARTS) is 1. The van der Waals surface area contributed by atoms with Gasteiger partial charge < -0.3 is 19.6 Å². The summed E-state index contributed by atoms with van der Waals surface area (Å²) in [7, 11) is 5.22. The first kappa shape index (κ1) is 24.6. The topological polar surface area (TPSA) is 87.9 Å². The SMILES string of the molecule is COc1ccc(Cn2nc(N3C[C@@H](N(C)C)C[C@H]3CCC(=O)O)cc(C(F)(F)F)c2=O)cc1. The third-order valence-electron chi connectivity index (χ3n) is 5.87. The van der Waals surface area contributed by atoms with Crippen LogP contribution in [0.1, 0.15) is 30.4 Å². The van der Waals surface area contributed by atoms with Gasteiger partial charge in [0.1, 0.15) is 17.1 Å². The summed E-state index contributed by atoms with van der Waals surface area (Å²) in [6, 6.07) is 7.09. The molecule has 1 aliphatic heterocycles. The molecule has 0 spiro atoms. The number of benzene rings is 1. The number of rotatable bonds is 8. The minimum Gasteiger partial charge on any atom is -0.497 e. The van der Waals surface area contributed by atoms with E-state index in [0.717, 1.165) is 10.7 Å². The summed E-state index contributed by atoms with van der Waals surface area (Å²) in [4.78, 5) is 27.4. The van der Waals surface area contributed by atoms with Gasteiger partial charge in [-0.3, -0.25) is 9.59 Å².